The van der Waals surface area contributed by atoms with Crippen LogP contribution >= 0.6 is 0 Å². The molecular formula is C5H3F9O. The summed E-state index contributed by atoms with van der Waals surface area (Å²) in [6.07, 6.45) is -13.8. The Morgan fingerprint density at radius 3 is 1.00 bits per heavy atom. The molecule has 0 fully saturated rings. The van der Waals surface area contributed by atoms with Gasteiger partial charge in [0.1, 0.15) is 6.61 Å². The number of rotatable bonds is 2. The van der Waals surface area contributed by atoms with Crippen LogP contribution in [-0.2, 0) is 0 Å². The summed E-state index contributed by atoms with van der Waals surface area (Å²) in [6.45, 7) is -2.91. The van der Waals surface area contributed by atoms with Crippen LogP contribution in [-0.4, -0.2) is 35.7 Å². The first kappa shape index (κ1) is 14.3. The molecule has 0 saturated heterocycles. The Hall–Kier alpha value is -0.670. The van der Waals surface area contributed by atoms with Crippen molar-refractivity contribution in [2.45, 2.75) is 23.9 Å². The van der Waals surface area contributed by atoms with Crippen molar-refractivity contribution < 1.29 is 44.6 Å². The molecule has 0 aromatic carbocycles. The summed E-state index contributed by atoms with van der Waals surface area (Å²) in [4.78, 5) is 0. The molecule has 0 spiro atoms. The molecule has 0 aromatic heterocycles. The lowest BCUT2D eigenvalue weighted by atomic mass is 9.96. The van der Waals surface area contributed by atoms with Gasteiger partial charge in [0.2, 0.25) is 0 Å². The number of alkyl halides is 9. The third-order valence-corrected chi connectivity index (χ3v) is 1.48. The van der Waals surface area contributed by atoms with Gasteiger partial charge in [-0.05, 0) is 0 Å². The Balaban J connectivity index is 5.65. The molecule has 0 radical (unpaired) electrons. The van der Waals surface area contributed by atoms with Gasteiger partial charge in [-0.2, -0.15) is 35.1 Å². The van der Waals surface area contributed by atoms with E-state index in [1.807, 2.05) is 0 Å². The van der Waals surface area contributed by atoms with Crippen molar-refractivity contribution in [1.82, 2.24) is 0 Å². The Kier molecular flexibility index (Phi) is 3.27. The zero-order valence-corrected chi connectivity index (χ0v) is 6.56. The van der Waals surface area contributed by atoms with Gasteiger partial charge in [-0.15, -0.1) is 0 Å². The van der Waals surface area contributed by atoms with Crippen LogP contribution in [0, 0.1) is 0 Å². The van der Waals surface area contributed by atoms with E-state index >= 15 is 0 Å². The van der Waals surface area contributed by atoms with E-state index in [0.29, 0.717) is 0 Å². The third kappa shape index (κ3) is 1.99. The molecule has 0 amide bonds. The summed E-state index contributed by atoms with van der Waals surface area (Å²) in [5.74, 6) is -6.00. The van der Waals surface area contributed by atoms with Gasteiger partial charge >= 0.3 is 23.9 Å². The molecule has 92 valence electrons. The summed E-state index contributed by atoms with van der Waals surface area (Å²) >= 11 is 0. The first-order valence-corrected chi connectivity index (χ1v) is 3.12. The van der Waals surface area contributed by atoms with E-state index in [9.17, 15) is 39.5 Å². The van der Waals surface area contributed by atoms with Crippen molar-refractivity contribution in [3.63, 3.8) is 0 Å². The highest BCUT2D eigenvalue weighted by Crippen LogP contribution is 2.54. The fourth-order valence-electron chi connectivity index (χ4n) is 0.684. The summed E-state index contributed by atoms with van der Waals surface area (Å²) in [5, 5.41) is 7.67. The second-order valence-electron chi connectivity index (χ2n) is 2.52. The molecule has 0 aromatic rings. The van der Waals surface area contributed by atoms with Crippen LogP contribution in [0.15, 0.2) is 0 Å². The minimum Gasteiger partial charge on any atom is -0.390 e. The largest absolute Gasteiger partial charge is 0.437 e. The lowest BCUT2D eigenvalue weighted by Crippen LogP contribution is -2.65. The van der Waals surface area contributed by atoms with Crippen LogP contribution in [0.2, 0.25) is 0 Å². The van der Waals surface area contributed by atoms with Crippen LogP contribution in [0.3, 0.4) is 0 Å². The Bertz CT molecular complexity index is 212. The Morgan fingerprint density at radius 2 is 0.933 bits per heavy atom. The maximum absolute atomic E-state index is 12.4. The molecule has 0 atom stereocenters. The van der Waals surface area contributed by atoms with E-state index in [2.05, 4.69) is 0 Å². The zero-order valence-electron chi connectivity index (χ0n) is 6.56. The molecule has 0 saturated carbocycles. The summed E-state index contributed by atoms with van der Waals surface area (Å²) < 4.78 is 106. The summed E-state index contributed by atoms with van der Waals surface area (Å²) in [6, 6.07) is 0. The van der Waals surface area contributed by atoms with Gasteiger partial charge in [-0.3, -0.25) is 0 Å². The quantitative estimate of drug-likeness (QED) is 0.746. The molecule has 0 bridgehead atoms. The second-order valence-corrected chi connectivity index (χ2v) is 2.52. The molecule has 0 aliphatic carbocycles. The minimum atomic E-state index is -6.88. The summed E-state index contributed by atoms with van der Waals surface area (Å²) in [5.41, 5.74) is -6.76. The third-order valence-electron chi connectivity index (χ3n) is 1.48. The van der Waals surface area contributed by atoms with Crippen molar-refractivity contribution in [1.29, 1.82) is 0 Å². The Morgan fingerprint density at radius 1 is 0.667 bits per heavy atom. The van der Waals surface area contributed by atoms with Crippen LogP contribution in [0.5, 0.6) is 0 Å². The van der Waals surface area contributed by atoms with Gasteiger partial charge in [0.25, 0.3) is 0 Å². The number of aliphatic hydroxyl groups is 1. The van der Waals surface area contributed by atoms with Gasteiger partial charge in [-0.1, -0.05) is 0 Å². The molecule has 0 aliphatic rings. The lowest BCUT2D eigenvalue weighted by Gasteiger charge is -2.34. The lowest BCUT2D eigenvalue weighted by molar-refractivity contribution is -0.399. The van der Waals surface area contributed by atoms with Gasteiger partial charge in [-0.25, -0.2) is 4.39 Å². The van der Waals surface area contributed by atoms with E-state index in [0.717, 1.165) is 0 Å². The van der Waals surface area contributed by atoms with E-state index in [1.165, 1.54) is 0 Å². The van der Waals surface area contributed by atoms with E-state index < -0.39 is 30.6 Å². The fourth-order valence-corrected chi connectivity index (χ4v) is 0.684. The standard InChI is InChI=1S/C5H3F9O/c6-2(7,1-15)3(8,4(9,10)11)5(12,13)14/h15H,1H2. The monoisotopic (exact) mass is 250 g/mol. The molecule has 15 heavy (non-hydrogen) atoms. The Labute approximate surface area is 76.5 Å². The molecule has 10 heteroatoms. The first-order valence-electron chi connectivity index (χ1n) is 3.12. The molecule has 0 heterocycles. The van der Waals surface area contributed by atoms with Gasteiger partial charge in [0.05, 0.1) is 0 Å². The topological polar surface area (TPSA) is 20.2 Å². The molecular weight excluding hydrogens is 247 g/mol. The van der Waals surface area contributed by atoms with Crippen LogP contribution in [0.1, 0.15) is 0 Å². The van der Waals surface area contributed by atoms with Gasteiger partial charge < -0.3 is 5.11 Å². The predicted molar refractivity (Wildman–Crippen MR) is 28.0 cm³/mol. The van der Waals surface area contributed by atoms with E-state index in [4.69, 9.17) is 5.11 Å². The number of aliphatic hydroxyl groups excluding tert-OH is 1. The highest BCUT2D eigenvalue weighted by atomic mass is 19.4. The second kappa shape index (κ2) is 3.42. The number of hydrogen-bond acceptors (Lipinski definition) is 1. The average Bonchev–Trinajstić information content (AvgIpc) is 1.98. The molecule has 1 N–H and O–H groups in total. The van der Waals surface area contributed by atoms with E-state index in [1.54, 1.807) is 0 Å². The average molecular weight is 250 g/mol. The molecule has 0 rings (SSSR count). The minimum absolute atomic E-state index is 2.91. The molecule has 0 aliphatic heterocycles. The maximum atomic E-state index is 12.4. The normalized spacial score (nSPS) is 15.6. The van der Waals surface area contributed by atoms with Crippen LogP contribution < -0.4 is 0 Å². The molecule has 0 unspecified atom stereocenters. The van der Waals surface area contributed by atoms with Crippen LogP contribution in [0.25, 0.3) is 0 Å². The number of hydrogen-bond donors (Lipinski definition) is 1. The SMILES string of the molecule is OCC(F)(F)C(F)(C(F)(F)F)C(F)(F)F. The van der Waals surface area contributed by atoms with E-state index in [-0.39, 0.29) is 0 Å². The maximum Gasteiger partial charge on any atom is 0.437 e. The van der Waals surface area contributed by atoms with Crippen LogP contribution in [0.4, 0.5) is 39.5 Å². The smallest absolute Gasteiger partial charge is 0.390 e. The van der Waals surface area contributed by atoms with Crippen molar-refractivity contribution in [2.24, 2.45) is 0 Å². The van der Waals surface area contributed by atoms with Gasteiger partial charge in [0, 0.05) is 0 Å². The van der Waals surface area contributed by atoms with Crippen molar-refractivity contribution >= 4 is 0 Å². The van der Waals surface area contributed by atoms with Crippen molar-refractivity contribution in [2.75, 3.05) is 6.61 Å². The molecule has 1 nitrogen and oxygen atoms in total. The highest BCUT2D eigenvalue weighted by Gasteiger charge is 2.84. The first-order chi connectivity index (χ1) is 6.31. The zero-order chi connectivity index (χ0) is 12.7. The fraction of sp³-hybridized carbons (Fsp3) is 1.00. The van der Waals surface area contributed by atoms with Gasteiger partial charge in [0.15, 0.2) is 0 Å². The van der Waals surface area contributed by atoms with Crippen molar-refractivity contribution in [3.8, 4) is 0 Å². The van der Waals surface area contributed by atoms with Crippen molar-refractivity contribution in [3.05, 3.63) is 0 Å². The predicted octanol–water partition coefficient (Wildman–Crippen LogP) is 2.45. The highest BCUT2D eigenvalue weighted by molar-refractivity contribution is 5.05. The summed E-state index contributed by atoms with van der Waals surface area (Å²) in [7, 11) is 0. The number of halogens is 9.